The Morgan fingerprint density at radius 1 is 1.17 bits per heavy atom. The van der Waals surface area contributed by atoms with Crippen molar-refractivity contribution in [1.82, 2.24) is 19.2 Å². The SMILES string of the molecule is Nc1cccn1CCC(NS(=O)(=O)c1ccc2cc[nH]c2c1)C(=O)N1CCCCC1. The van der Waals surface area contributed by atoms with Gasteiger partial charge in [0.15, 0.2) is 0 Å². The average Bonchev–Trinajstić information content (AvgIpc) is 3.39. The van der Waals surface area contributed by atoms with Gasteiger partial charge in [-0.15, -0.1) is 0 Å². The van der Waals surface area contributed by atoms with E-state index in [-0.39, 0.29) is 10.8 Å². The highest BCUT2D eigenvalue weighted by Crippen LogP contribution is 2.20. The maximum atomic E-state index is 13.2. The third kappa shape index (κ3) is 4.36. The lowest BCUT2D eigenvalue weighted by atomic mass is 10.1. The zero-order valence-electron chi connectivity index (χ0n) is 16.8. The van der Waals surface area contributed by atoms with E-state index in [4.69, 9.17) is 5.73 Å². The number of amides is 1. The molecule has 8 nitrogen and oxygen atoms in total. The van der Waals surface area contributed by atoms with E-state index in [1.807, 2.05) is 22.9 Å². The van der Waals surface area contributed by atoms with Crippen LogP contribution in [0, 0.1) is 0 Å². The smallest absolute Gasteiger partial charge is 0.241 e. The number of likely N-dealkylation sites (tertiary alicyclic amines) is 1. The van der Waals surface area contributed by atoms with Crippen molar-refractivity contribution in [2.45, 2.75) is 43.2 Å². The first-order valence-corrected chi connectivity index (χ1v) is 11.7. The summed E-state index contributed by atoms with van der Waals surface area (Å²) >= 11 is 0. The minimum absolute atomic E-state index is 0.134. The quantitative estimate of drug-likeness (QED) is 0.535. The van der Waals surface area contributed by atoms with Crippen molar-refractivity contribution < 1.29 is 13.2 Å². The highest BCUT2D eigenvalue weighted by molar-refractivity contribution is 7.89. The van der Waals surface area contributed by atoms with Crippen molar-refractivity contribution in [3.8, 4) is 0 Å². The average molecular weight is 430 g/mol. The maximum Gasteiger partial charge on any atom is 0.241 e. The molecule has 2 aromatic heterocycles. The number of nitrogens with two attached hydrogens (primary N) is 1. The van der Waals surface area contributed by atoms with Crippen LogP contribution in [0.1, 0.15) is 25.7 Å². The van der Waals surface area contributed by atoms with Crippen molar-refractivity contribution >= 4 is 32.7 Å². The number of benzene rings is 1. The summed E-state index contributed by atoms with van der Waals surface area (Å²) in [5, 5.41) is 0.929. The van der Waals surface area contributed by atoms with Crippen LogP contribution in [-0.4, -0.2) is 47.9 Å². The number of fused-ring (bicyclic) bond motifs is 1. The Balaban J connectivity index is 1.56. The third-order valence-corrected chi connectivity index (χ3v) is 7.09. The number of rotatable bonds is 7. The minimum atomic E-state index is -3.87. The van der Waals surface area contributed by atoms with Gasteiger partial charge in [-0.3, -0.25) is 4.79 Å². The number of H-pyrrole nitrogens is 1. The van der Waals surface area contributed by atoms with E-state index in [0.29, 0.717) is 31.9 Å². The van der Waals surface area contributed by atoms with E-state index in [9.17, 15) is 13.2 Å². The van der Waals surface area contributed by atoms with Crippen molar-refractivity contribution in [2.75, 3.05) is 18.8 Å². The van der Waals surface area contributed by atoms with Crippen LogP contribution >= 0.6 is 0 Å². The number of anilines is 1. The van der Waals surface area contributed by atoms with Gasteiger partial charge in [0, 0.05) is 37.5 Å². The van der Waals surface area contributed by atoms with Crippen LogP contribution in [0.4, 0.5) is 5.82 Å². The standard InChI is InChI=1S/C21H27N5O3S/c22-20-5-4-13-25(20)14-9-18(21(27)26-11-2-1-3-12-26)24-30(28,29)17-7-6-16-8-10-23-19(16)15-17/h4-8,10,13,15,18,23-24H,1-3,9,11-12,14,22H2. The number of sulfonamides is 1. The van der Waals surface area contributed by atoms with Gasteiger partial charge in [-0.25, -0.2) is 8.42 Å². The van der Waals surface area contributed by atoms with Gasteiger partial charge in [-0.2, -0.15) is 4.72 Å². The maximum absolute atomic E-state index is 13.2. The summed E-state index contributed by atoms with van der Waals surface area (Å²) in [5.41, 5.74) is 6.67. The largest absolute Gasteiger partial charge is 0.385 e. The Bertz CT molecular complexity index is 1130. The second kappa shape index (κ2) is 8.53. The lowest BCUT2D eigenvalue weighted by molar-refractivity contribution is -0.134. The molecule has 1 aliphatic rings. The summed E-state index contributed by atoms with van der Waals surface area (Å²) in [4.78, 5) is 18.1. The number of carbonyl (C=O) groups excluding carboxylic acids is 1. The fraction of sp³-hybridized carbons (Fsp3) is 0.381. The Morgan fingerprint density at radius 3 is 2.70 bits per heavy atom. The fourth-order valence-electron chi connectivity index (χ4n) is 3.92. The van der Waals surface area contributed by atoms with Gasteiger partial charge in [0.05, 0.1) is 4.90 Å². The van der Waals surface area contributed by atoms with Gasteiger partial charge in [-0.05, 0) is 61.4 Å². The molecule has 1 amide bonds. The number of aromatic nitrogens is 2. The first-order chi connectivity index (χ1) is 14.4. The number of nitrogen functional groups attached to an aromatic ring is 1. The number of aryl methyl sites for hydroxylation is 1. The summed E-state index contributed by atoms with van der Waals surface area (Å²) in [6.07, 6.45) is 6.89. The Morgan fingerprint density at radius 2 is 1.97 bits per heavy atom. The van der Waals surface area contributed by atoms with Crippen molar-refractivity contribution in [2.24, 2.45) is 0 Å². The second-order valence-corrected chi connectivity index (χ2v) is 9.42. The molecule has 1 aromatic carbocycles. The van der Waals surface area contributed by atoms with Gasteiger partial charge in [0.2, 0.25) is 15.9 Å². The molecule has 1 aliphatic heterocycles. The lowest BCUT2D eigenvalue weighted by Crippen LogP contribution is -2.50. The molecule has 4 N–H and O–H groups in total. The molecule has 3 heterocycles. The molecule has 3 aromatic rings. The summed E-state index contributed by atoms with van der Waals surface area (Å²) in [6, 6.07) is 9.53. The number of hydrogen-bond donors (Lipinski definition) is 3. The first kappa shape index (κ1) is 20.5. The number of carbonyl (C=O) groups is 1. The molecular formula is C21H27N5O3S. The molecule has 0 bridgehead atoms. The Kier molecular flexibility index (Phi) is 5.83. The number of nitrogens with one attached hydrogen (secondary N) is 2. The van der Waals surface area contributed by atoms with E-state index in [1.165, 1.54) is 0 Å². The number of aromatic amines is 1. The van der Waals surface area contributed by atoms with Crippen LogP contribution in [-0.2, 0) is 21.4 Å². The van der Waals surface area contributed by atoms with Gasteiger partial charge in [-0.1, -0.05) is 6.07 Å². The molecular weight excluding hydrogens is 402 g/mol. The molecule has 0 radical (unpaired) electrons. The number of piperidine rings is 1. The lowest BCUT2D eigenvalue weighted by Gasteiger charge is -2.31. The fourth-order valence-corrected chi connectivity index (χ4v) is 5.17. The summed E-state index contributed by atoms with van der Waals surface area (Å²) in [5.74, 6) is 0.407. The Labute approximate surface area is 176 Å². The topological polar surface area (TPSA) is 113 Å². The summed E-state index contributed by atoms with van der Waals surface area (Å²) < 4.78 is 30.7. The van der Waals surface area contributed by atoms with Gasteiger partial charge in [0.1, 0.15) is 11.9 Å². The summed E-state index contributed by atoms with van der Waals surface area (Å²) in [6.45, 7) is 1.77. The monoisotopic (exact) mass is 429 g/mol. The first-order valence-electron chi connectivity index (χ1n) is 10.2. The van der Waals surface area contributed by atoms with Crippen molar-refractivity contribution in [3.63, 3.8) is 0 Å². The van der Waals surface area contributed by atoms with Crippen molar-refractivity contribution in [1.29, 1.82) is 0 Å². The Hall–Kier alpha value is -2.78. The molecule has 9 heteroatoms. The minimum Gasteiger partial charge on any atom is -0.385 e. The predicted molar refractivity (Wildman–Crippen MR) is 116 cm³/mol. The highest BCUT2D eigenvalue weighted by atomic mass is 32.2. The highest BCUT2D eigenvalue weighted by Gasteiger charge is 2.30. The number of hydrogen-bond acceptors (Lipinski definition) is 4. The molecule has 160 valence electrons. The molecule has 0 spiro atoms. The van der Waals surface area contributed by atoms with E-state index < -0.39 is 16.1 Å². The second-order valence-electron chi connectivity index (χ2n) is 7.70. The van der Waals surface area contributed by atoms with E-state index in [2.05, 4.69) is 9.71 Å². The third-order valence-electron chi connectivity index (χ3n) is 5.62. The normalized spacial score (nSPS) is 16.1. The zero-order valence-corrected chi connectivity index (χ0v) is 17.6. The molecule has 30 heavy (non-hydrogen) atoms. The van der Waals surface area contributed by atoms with Crippen LogP contribution in [0.25, 0.3) is 10.9 Å². The molecule has 0 saturated carbocycles. The molecule has 1 atom stereocenters. The summed E-state index contributed by atoms with van der Waals surface area (Å²) in [7, 11) is -3.87. The van der Waals surface area contributed by atoms with Crippen LogP contribution in [0.15, 0.2) is 53.7 Å². The zero-order chi connectivity index (χ0) is 21.1. The molecule has 1 saturated heterocycles. The predicted octanol–water partition coefficient (Wildman–Crippen LogP) is 2.30. The van der Waals surface area contributed by atoms with Crippen molar-refractivity contribution in [3.05, 3.63) is 48.8 Å². The number of nitrogens with zero attached hydrogens (tertiary/aromatic N) is 2. The van der Waals surface area contributed by atoms with Gasteiger partial charge < -0.3 is 20.2 Å². The van der Waals surface area contributed by atoms with Crippen LogP contribution in [0.2, 0.25) is 0 Å². The molecule has 0 aliphatic carbocycles. The van der Waals surface area contributed by atoms with E-state index >= 15 is 0 Å². The molecule has 4 rings (SSSR count). The van der Waals surface area contributed by atoms with Crippen LogP contribution in [0.3, 0.4) is 0 Å². The van der Waals surface area contributed by atoms with Gasteiger partial charge >= 0.3 is 0 Å². The van der Waals surface area contributed by atoms with E-state index in [1.54, 1.807) is 35.4 Å². The van der Waals surface area contributed by atoms with Crippen LogP contribution in [0.5, 0.6) is 0 Å². The molecule has 1 fully saturated rings. The van der Waals surface area contributed by atoms with E-state index in [0.717, 1.165) is 30.2 Å². The van der Waals surface area contributed by atoms with Crippen LogP contribution < -0.4 is 10.5 Å². The van der Waals surface area contributed by atoms with Gasteiger partial charge in [0.25, 0.3) is 0 Å². The molecule has 1 unspecified atom stereocenters.